The van der Waals surface area contributed by atoms with Crippen LogP contribution in [0.5, 0.6) is 5.75 Å². The minimum atomic E-state index is -2.26. The van der Waals surface area contributed by atoms with Crippen molar-refractivity contribution in [3.05, 3.63) is 24.3 Å². The predicted octanol–water partition coefficient (Wildman–Crippen LogP) is 5.77. The summed E-state index contributed by atoms with van der Waals surface area (Å²) in [6.07, 6.45) is 8.22. The van der Waals surface area contributed by atoms with Crippen LogP contribution >= 0.6 is 0 Å². The average Bonchev–Trinajstić information content (AvgIpc) is 2.62. The van der Waals surface area contributed by atoms with E-state index in [-0.39, 0.29) is 0 Å². The molecule has 0 radical (unpaired) electrons. The van der Waals surface area contributed by atoms with E-state index in [1.54, 1.807) is 10.7 Å². The Morgan fingerprint density at radius 1 is 0.750 bits per heavy atom. The van der Waals surface area contributed by atoms with Gasteiger partial charge in [0, 0.05) is 0 Å². The molecule has 1 rings (SSSR count). The van der Waals surface area contributed by atoms with Gasteiger partial charge >= 0.3 is 154 Å². The van der Waals surface area contributed by atoms with Gasteiger partial charge in [-0.2, -0.15) is 0 Å². The van der Waals surface area contributed by atoms with Crippen LogP contribution in [0.25, 0.3) is 0 Å². The van der Waals surface area contributed by atoms with Crippen molar-refractivity contribution in [3.8, 4) is 5.75 Å². The fourth-order valence-electron chi connectivity index (χ4n) is 3.50. The molecule has 1 aromatic carbocycles. The van der Waals surface area contributed by atoms with Crippen molar-refractivity contribution in [2.45, 2.75) is 72.6 Å². The summed E-state index contributed by atoms with van der Waals surface area (Å²) in [5, 5.41) is 0. The number of benzene rings is 1. The second-order valence-corrected chi connectivity index (χ2v) is 20.2. The van der Waals surface area contributed by atoms with Crippen molar-refractivity contribution in [3.63, 3.8) is 0 Å². The Morgan fingerprint density at radius 3 is 1.67 bits per heavy atom. The van der Waals surface area contributed by atoms with Gasteiger partial charge in [0.25, 0.3) is 0 Å². The van der Waals surface area contributed by atoms with Crippen molar-refractivity contribution in [1.29, 1.82) is 0 Å². The molecule has 1 aromatic rings. The number of hydrogen-bond donors (Lipinski definition) is 0. The molecule has 0 bridgehead atoms. The normalized spacial score (nSPS) is 11.7. The van der Waals surface area contributed by atoms with Crippen LogP contribution in [0.1, 0.15) is 59.3 Å². The van der Waals surface area contributed by atoms with Gasteiger partial charge in [-0.15, -0.1) is 0 Å². The van der Waals surface area contributed by atoms with Crippen molar-refractivity contribution in [2.75, 3.05) is 20.3 Å². The molecule has 0 unspecified atom stereocenters. The Morgan fingerprint density at radius 2 is 1.25 bits per heavy atom. The Hall–Kier alpha value is -0.221. The fraction of sp³-hybridized carbons (Fsp3) is 0.714. The summed E-state index contributed by atoms with van der Waals surface area (Å²) in [6.45, 7) is 8.29. The first kappa shape index (κ1) is 21.8. The maximum absolute atomic E-state index is 5.76. The SMILES string of the molecule is CCC[CH2][Sn]([CH2]CCC)([CH2]CCC)[c]1ccc(OCCOC)cc1. The van der Waals surface area contributed by atoms with E-state index in [2.05, 4.69) is 45.0 Å². The van der Waals surface area contributed by atoms with Crippen LogP contribution in [-0.2, 0) is 4.74 Å². The average molecular weight is 441 g/mol. The minimum absolute atomic E-state index is 0.631. The van der Waals surface area contributed by atoms with Crippen LogP contribution in [0.4, 0.5) is 0 Å². The number of hydrogen-bond acceptors (Lipinski definition) is 2. The quantitative estimate of drug-likeness (QED) is 0.270. The molecule has 2 nitrogen and oxygen atoms in total. The van der Waals surface area contributed by atoms with E-state index in [0.29, 0.717) is 13.2 Å². The van der Waals surface area contributed by atoms with Gasteiger partial charge in [0.1, 0.15) is 0 Å². The molecule has 0 aliphatic carbocycles. The molecule has 0 spiro atoms. The first-order valence-electron chi connectivity index (χ1n) is 9.94. The standard InChI is InChI=1S/C9H11O2.3C4H9.Sn/c1-10-7-8-11-9-5-3-2-4-6-9;3*1-3-4-2;/h3-6H,7-8H2,1H3;3*1,3-4H2,2H3;. The molecule has 0 aromatic heterocycles. The summed E-state index contributed by atoms with van der Waals surface area (Å²) in [7, 11) is 1.71. The Balaban J connectivity index is 2.92. The number of unbranched alkanes of at least 4 members (excludes halogenated alkanes) is 3. The van der Waals surface area contributed by atoms with Gasteiger partial charge in [0.15, 0.2) is 0 Å². The molecule has 24 heavy (non-hydrogen) atoms. The van der Waals surface area contributed by atoms with E-state index in [0.717, 1.165) is 5.75 Å². The van der Waals surface area contributed by atoms with Crippen molar-refractivity contribution in [1.82, 2.24) is 0 Å². The van der Waals surface area contributed by atoms with Crippen LogP contribution in [0.3, 0.4) is 0 Å². The summed E-state index contributed by atoms with van der Waals surface area (Å²) in [4.78, 5) is 0. The molecule has 0 aliphatic rings. The van der Waals surface area contributed by atoms with E-state index < -0.39 is 18.4 Å². The summed E-state index contributed by atoms with van der Waals surface area (Å²) in [5.74, 6) is 0.984. The molecule has 138 valence electrons. The molecular formula is C21H38O2Sn. The van der Waals surface area contributed by atoms with E-state index in [1.807, 2.05) is 0 Å². The number of rotatable bonds is 14. The van der Waals surface area contributed by atoms with E-state index in [1.165, 1.54) is 51.8 Å². The molecule has 0 fully saturated rings. The van der Waals surface area contributed by atoms with E-state index in [4.69, 9.17) is 9.47 Å². The molecule has 0 saturated carbocycles. The van der Waals surface area contributed by atoms with Gasteiger partial charge in [-0.3, -0.25) is 0 Å². The zero-order chi connectivity index (χ0) is 17.7. The topological polar surface area (TPSA) is 18.5 Å². The van der Waals surface area contributed by atoms with Crippen molar-refractivity contribution >= 4 is 22.0 Å². The maximum atomic E-state index is 5.76. The van der Waals surface area contributed by atoms with Crippen LogP contribution in [0.15, 0.2) is 24.3 Å². The molecule has 0 saturated heterocycles. The third-order valence-electron chi connectivity index (χ3n) is 5.05. The van der Waals surface area contributed by atoms with Crippen LogP contribution in [0.2, 0.25) is 13.3 Å². The second-order valence-electron chi connectivity index (χ2n) is 6.96. The Kier molecular flexibility index (Phi) is 11.9. The first-order chi connectivity index (χ1) is 11.7. The van der Waals surface area contributed by atoms with Gasteiger partial charge in [-0.05, 0) is 0 Å². The van der Waals surface area contributed by atoms with E-state index in [9.17, 15) is 0 Å². The number of methoxy groups -OCH3 is 1. The summed E-state index contributed by atoms with van der Waals surface area (Å²) in [5.41, 5.74) is 0. The van der Waals surface area contributed by atoms with Crippen molar-refractivity contribution < 1.29 is 9.47 Å². The van der Waals surface area contributed by atoms with Gasteiger partial charge in [-0.25, -0.2) is 0 Å². The molecule has 3 heteroatoms. The first-order valence-corrected chi connectivity index (χ1v) is 17.4. The molecule has 0 aliphatic heterocycles. The fourth-order valence-corrected chi connectivity index (χ4v) is 19.4. The summed E-state index contributed by atoms with van der Waals surface area (Å²) >= 11 is -2.26. The van der Waals surface area contributed by atoms with Gasteiger partial charge in [-0.1, -0.05) is 0 Å². The Bertz CT molecular complexity index is 395. The summed E-state index contributed by atoms with van der Waals surface area (Å²) in [6, 6.07) is 9.19. The van der Waals surface area contributed by atoms with Gasteiger partial charge < -0.3 is 0 Å². The van der Waals surface area contributed by atoms with Crippen molar-refractivity contribution in [2.24, 2.45) is 0 Å². The van der Waals surface area contributed by atoms with Crippen LogP contribution in [-0.4, -0.2) is 38.7 Å². The van der Waals surface area contributed by atoms with Crippen LogP contribution < -0.4 is 8.32 Å². The molecule has 0 atom stereocenters. The second kappa shape index (κ2) is 13.0. The summed E-state index contributed by atoms with van der Waals surface area (Å²) < 4.78 is 17.1. The molecule has 0 heterocycles. The zero-order valence-electron chi connectivity index (χ0n) is 16.4. The van der Waals surface area contributed by atoms with Gasteiger partial charge in [0.2, 0.25) is 0 Å². The third-order valence-corrected chi connectivity index (χ3v) is 20.7. The predicted molar refractivity (Wildman–Crippen MR) is 108 cm³/mol. The molecular weight excluding hydrogens is 403 g/mol. The van der Waals surface area contributed by atoms with E-state index >= 15 is 0 Å². The molecule has 0 amide bonds. The van der Waals surface area contributed by atoms with Gasteiger partial charge in [0.05, 0.1) is 0 Å². The zero-order valence-corrected chi connectivity index (χ0v) is 19.3. The number of ether oxygens (including phenoxy) is 2. The monoisotopic (exact) mass is 442 g/mol. The third kappa shape index (κ3) is 7.35. The Labute approximate surface area is 154 Å². The molecule has 0 N–H and O–H groups in total. The van der Waals surface area contributed by atoms with Crippen LogP contribution in [0, 0.1) is 0 Å².